The molecule has 100 valence electrons. The van der Waals surface area contributed by atoms with Crippen LogP contribution in [0.5, 0.6) is 0 Å². The molecule has 1 aromatic rings. The first-order valence-corrected chi connectivity index (χ1v) is 6.67. The van der Waals surface area contributed by atoms with Crippen molar-refractivity contribution in [3.05, 3.63) is 30.1 Å². The van der Waals surface area contributed by atoms with E-state index >= 15 is 0 Å². The second-order valence-corrected chi connectivity index (χ2v) is 5.82. The van der Waals surface area contributed by atoms with Gasteiger partial charge >= 0.3 is 0 Å². The van der Waals surface area contributed by atoms with Crippen LogP contribution in [0.2, 0.25) is 0 Å². The summed E-state index contributed by atoms with van der Waals surface area (Å²) in [5, 5.41) is 9.04. The van der Waals surface area contributed by atoms with Crippen LogP contribution in [-0.4, -0.2) is 23.8 Å². The van der Waals surface area contributed by atoms with Crippen LogP contribution in [0.25, 0.3) is 0 Å². The van der Waals surface area contributed by atoms with Gasteiger partial charge in [0.25, 0.3) is 0 Å². The van der Waals surface area contributed by atoms with Gasteiger partial charge in [0, 0.05) is 24.4 Å². The molecule has 0 saturated carbocycles. The van der Waals surface area contributed by atoms with Gasteiger partial charge in [0.05, 0.1) is 0 Å². The standard InChI is InChI=1S/C15H22FNO/c1-15(2)11-12(7-9-18)6-8-17(15)14-5-3-4-13(16)10-14/h3-5,10,12,18H,6-9,11H2,1-2H3. The third-order valence-corrected chi connectivity index (χ3v) is 3.94. The quantitative estimate of drug-likeness (QED) is 0.891. The molecule has 0 spiro atoms. The van der Waals surface area contributed by atoms with E-state index in [1.165, 1.54) is 6.07 Å². The van der Waals surface area contributed by atoms with Crippen molar-refractivity contribution in [1.82, 2.24) is 0 Å². The molecule has 1 aliphatic heterocycles. The van der Waals surface area contributed by atoms with Crippen LogP contribution >= 0.6 is 0 Å². The molecule has 1 aliphatic rings. The first-order chi connectivity index (χ1) is 8.53. The van der Waals surface area contributed by atoms with E-state index in [9.17, 15) is 4.39 Å². The van der Waals surface area contributed by atoms with E-state index in [1.54, 1.807) is 12.1 Å². The summed E-state index contributed by atoms with van der Waals surface area (Å²) in [6, 6.07) is 6.82. The highest BCUT2D eigenvalue weighted by Gasteiger charge is 2.34. The topological polar surface area (TPSA) is 23.5 Å². The molecule has 18 heavy (non-hydrogen) atoms. The average Bonchev–Trinajstić information content (AvgIpc) is 2.28. The molecule has 1 saturated heterocycles. The van der Waals surface area contributed by atoms with Crippen LogP contribution in [0, 0.1) is 11.7 Å². The Hall–Kier alpha value is -1.09. The summed E-state index contributed by atoms with van der Waals surface area (Å²) >= 11 is 0. The molecule has 1 N–H and O–H groups in total. The normalized spacial score (nSPS) is 23.1. The number of piperidine rings is 1. The molecular formula is C15H22FNO. The molecule has 0 aromatic heterocycles. The maximum absolute atomic E-state index is 13.3. The summed E-state index contributed by atoms with van der Waals surface area (Å²) < 4.78 is 13.3. The van der Waals surface area contributed by atoms with E-state index < -0.39 is 0 Å². The molecule has 1 fully saturated rings. The Morgan fingerprint density at radius 2 is 2.22 bits per heavy atom. The second-order valence-electron chi connectivity index (χ2n) is 5.82. The van der Waals surface area contributed by atoms with Gasteiger partial charge < -0.3 is 10.0 Å². The molecule has 2 nitrogen and oxygen atoms in total. The van der Waals surface area contributed by atoms with Gasteiger partial charge in [-0.05, 0) is 57.2 Å². The van der Waals surface area contributed by atoms with Crippen LogP contribution in [0.4, 0.5) is 10.1 Å². The molecule has 0 amide bonds. The minimum Gasteiger partial charge on any atom is -0.396 e. The number of aliphatic hydroxyl groups is 1. The molecule has 1 atom stereocenters. The Labute approximate surface area is 108 Å². The lowest BCUT2D eigenvalue weighted by atomic mass is 9.81. The summed E-state index contributed by atoms with van der Waals surface area (Å²) in [4.78, 5) is 2.28. The lowest BCUT2D eigenvalue weighted by Crippen LogP contribution is -2.50. The minimum atomic E-state index is -0.180. The van der Waals surface area contributed by atoms with Gasteiger partial charge in [0.2, 0.25) is 0 Å². The highest BCUT2D eigenvalue weighted by atomic mass is 19.1. The van der Waals surface area contributed by atoms with Crippen molar-refractivity contribution in [2.24, 2.45) is 5.92 Å². The van der Waals surface area contributed by atoms with Gasteiger partial charge in [0.15, 0.2) is 0 Å². The lowest BCUT2D eigenvalue weighted by Gasteiger charge is -2.47. The number of halogens is 1. The molecule has 3 heteroatoms. The van der Waals surface area contributed by atoms with E-state index in [0.717, 1.165) is 31.5 Å². The third kappa shape index (κ3) is 2.83. The lowest BCUT2D eigenvalue weighted by molar-refractivity contribution is 0.205. The maximum Gasteiger partial charge on any atom is 0.125 e. The SMILES string of the molecule is CC1(C)CC(CCO)CCN1c1cccc(F)c1. The van der Waals surface area contributed by atoms with Crippen molar-refractivity contribution in [1.29, 1.82) is 0 Å². The summed E-state index contributed by atoms with van der Waals surface area (Å²) in [6.45, 7) is 5.59. The largest absolute Gasteiger partial charge is 0.396 e. The Bertz CT molecular complexity index is 405. The van der Waals surface area contributed by atoms with Gasteiger partial charge in [-0.2, -0.15) is 0 Å². The number of nitrogens with zero attached hydrogens (tertiary/aromatic N) is 1. The third-order valence-electron chi connectivity index (χ3n) is 3.94. The highest BCUT2D eigenvalue weighted by Crippen LogP contribution is 2.36. The van der Waals surface area contributed by atoms with E-state index in [1.807, 2.05) is 6.07 Å². The maximum atomic E-state index is 13.3. The molecule has 1 unspecified atom stereocenters. The fourth-order valence-corrected chi connectivity index (χ4v) is 3.08. The predicted octanol–water partition coefficient (Wildman–Crippen LogP) is 3.20. The van der Waals surface area contributed by atoms with Crippen LogP contribution < -0.4 is 4.90 Å². The summed E-state index contributed by atoms with van der Waals surface area (Å²) in [5.41, 5.74) is 0.980. The Morgan fingerprint density at radius 3 is 2.83 bits per heavy atom. The molecule has 0 aliphatic carbocycles. The van der Waals surface area contributed by atoms with E-state index in [0.29, 0.717) is 5.92 Å². The average molecular weight is 251 g/mol. The number of benzene rings is 1. The monoisotopic (exact) mass is 251 g/mol. The smallest absolute Gasteiger partial charge is 0.125 e. The fourth-order valence-electron chi connectivity index (χ4n) is 3.08. The van der Waals surface area contributed by atoms with Crippen LogP contribution in [0.1, 0.15) is 33.1 Å². The zero-order chi connectivity index (χ0) is 13.2. The zero-order valence-electron chi connectivity index (χ0n) is 11.2. The summed E-state index contributed by atoms with van der Waals surface area (Å²) in [5.74, 6) is 0.399. The summed E-state index contributed by atoms with van der Waals surface area (Å²) in [6.07, 6.45) is 2.99. The van der Waals surface area contributed by atoms with Crippen LogP contribution in [0.15, 0.2) is 24.3 Å². The number of hydrogen-bond acceptors (Lipinski definition) is 2. The van der Waals surface area contributed by atoms with Crippen molar-refractivity contribution in [2.75, 3.05) is 18.1 Å². The summed E-state index contributed by atoms with van der Waals surface area (Å²) in [7, 11) is 0. The molecule has 2 rings (SSSR count). The van der Waals surface area contributed by atoms with Gasteiger partial charge in [0.1, 0.15) is 5.82 Å². The zero-order valence-corrected chi connectivity index (χ0v) is 11.2. The number of aliphatic hydroxyl groups excluding tert-OH is 1. The van der Waals surface area contributed by atoms with E-state index in [2.05, 4.69) is 18.7 Å². The van der Waals surface area contributed by atoms with Gasteiger partial charge in [-0.15, -0.1) is 0 Å². The van der Waals surface area contributed by atoms with Gasteiger partial charge in [-0.1, -0.05) is 6.07 Å². The number of hydrogen-bond donors (Lipinski definition) is 1. The number of rotatable bonds is 3. The van der Waals surface area contributed by atoms with E-state index in [-0.39, 0.29) is 18.0 Å². The molecule has 0 bridgehead atoms. The molecule has 1 heterocycles. The molecular weight excluding hydrogens is 229 g/mol. The van der Waals surface area contributed by atoms with E-state index in [4.69, 9.17) is 5.11 Å². The molecule has 0 radical (unpaired) electrons. The Morgan fingerprint density at radius 1 is 1.44 bits per heavy atom. The van der Waals surface area contributed by atoms with Crippen LogP contribution in [0.3, 0.4) is 0 Å². The van der Waals surface area contributed by atoms with Crippen LogP contribution in [-0.2, 0) is 0 Å². The number of anilines is 1. The minimum absolute atomic E-state index is 0.0197. The fraction of sp³-hybridized carbons (Fsp3) is 0.600. The van der Waals surface area contributed by atoms with Gasteiger partial charge in [-0.3, -0.25) is 0 Å². The Kier molecular flexibility index (Phi) is 3.91. The first-order valence-electron chi connectivity index (χ1n) is 6.67. The van der Waals surface area contributed by atoms with Gasteiger partial charge in [-0.25, -0.2) is 4.39 Å². The highest BCUT2D eigenvalue weighted by molar-refractivity contribution is 5.49. The predicted molar refractivity (Wildman–Crippen MR) is 72.3 cm³/mol. The van der Waals surface area contributed by atoms with Crippen molar-refractivity contribution < 1.29 is 9.50 Å². The first kappa shape index (κ1) is 13.3. The molecule has 1 aromatic carbocycles. The Balaban J connectivity index is 2.15. The van der Waals surface area contributed by atoms with Crippen molar-refractivity contribution in [2.45, 2.75) is 38.6 Å². The van der Waals surface area contributed by atoms with Crippen molar-refractivity contribution in [3.63, 3.8) is 0 Å². The van der Waals surface area contributed by atoms with Crippen molar-refractivity contribution in [3.8, 4) is 0 Å². The second kappa shape index (κ2) is 5.27. The van der Waals surface area contributed by atoms with Crippen molar-refractivity contribution >= 4 is 5.69 Å².